The Morgan fingerprint density at radius 1 is 1.13 bits per heavy atom. The third-order valence-corrected chi connectivity index (χ3v) is 5.63. The number of aromatic nitrogens is 2. The first-order chi connectivity index (χ1) is 14.3. The molecule has 1 aromatic heterocycles. The Morgan fingerprint density at radius 3 is 2.50 bits per heavy atom. The largest absolute Gasteiger partial charge is 0.496 e. The first-order valence-corrected chi connectivity index (χ1v) is 10.7. The number of hydrogen-bond donors (Lipinski definition) is 1. The lowest BCUT2D eigenvalue weighted by Crippen LogP contribution is -2.30. The molecule has 3 rings (SSSR count). The number of para-hydroxylation sites is 1. The number of rotatable bonds is 7. The van der Waals surface area contributed by atoms with Crippen LogP contribution >= 0.6 is 11.8 Å². The summed E-state index contributed by atoms with van der Waals surface area (Å²) in [4.78, 5) is 12.5. The highest BCUT2D eigenvalue weighted by atomic mass is 32.2. The van der Waals surface area contributed by atoms with Crippen LogP contribution in [0.25, 0.3) is 11.5 Å². The van der Waals surface area contributed by atoms with Crippen LogP contribution in [0.5, 0.6) is 5.75 Å². The highest BCUT2D eigenvalue weighted by Gasteiger charge is 2.19. The Morgan fingerprint density at radius 2 is 1.83 bits per heavy atom. The molecule has 2 aromatic carbocycles. The molecule has 0 saturated heterocycles. The van der Waals surface area contributed by atoms with Crippen molar-refractivity contribution in [1.29, 1.82) is 0 Å². The number of nitrogens with one attached hydrogen (secondary N) is 1. The van der Waals surface area contributed by atoms with Gasteiger partial charge in [-0.15, -0.1) is 10.2 Å². The molecule has 0 unspecified atom stereocenters. The van der Waals surface area contributed by atoms with E-state index in [0.29, 0.717) is 17.7 Å². The van der Waals surface area contributed by atoms with Gasteiger partial charge in [-0.25, -0.2) is 0 Å². The van der Waals surface area contributed by atoms with Crippen molar-refractivity contribution in [1.82, 2.24) is 15.5 Å². The fourth-order valence-electron chi connectivity index (χ4n) is 2.87. The van der Waals surface area contributed by atoms with Crippen LogP contribution < -0.4 is 10.1 Å². The number of carbonyl (C=O) groups is 1. The number of methoxy groups -OCH3 is 1. The maximum Gasteiger partial charge on any atom is 0.277 e. The normalized spacial score (nSPS) is 12.4. The second-order valence-corrected chi connectivity index (χ2v) is 9.28. The number of amides is 1. The van der Waals surface area contributed by atoms with E-state index in [2.05, 4.69) is 48.4 Å². The Bertz CT molecular complexity index is 993. The maximum absolute atomic E-state index is 12.5. The zero-order valence-corrected chi connectivity index (χ0v) is 18.7. The van der Waals surface area contributed by atoms with Crippen LogP contribution in [-0.4, -0.2) is 28.5 Å². The fourth-order valence-corrected chi connectivity index (χ4v) is 3.57. The van der Waals surface area contributed by atoms with Crippen molar-refractivity contribution in [2.75, 3.05) is 7.11 Å². The first kappa shape index (κ1) is 21.9. The van der Waals surface area contributed by atoms with Gasteiger partial charge in [0.1, 0.15) is 5.75 Å². The summed E-state index contributed by atoms with van der Waals surface area (Å²) >= 11 is 1.24. The van der Waals surface area contributed by atoms with Gasteiger partial charge in [-0.1, -0.05) is 62.9 Å². The molecule has 0 spiro atoms. The summed E-state index contributed by atoms with van der Waals surface area (Å²) in [5.41, 5.74) is 3.10. The number of benzene rings is 2. The van der Waals surface area contributed by atoms with Gasteiger partial charge in [0.05, 0.1) is 12.4 Å². The van der Waals surface area contributed by atoms with E-state index in [1.165, 1.54) is 17.3 Å². The molecule has 0 radical (unpaired) electrons. The van der Waals surface area contributed by atoms with Crippen molar-refractivity contribution in [2.45, 2.75) is 50.1 Å². The molecule has 0 saturated carbocycles. The van der Waals surface area contributed by atoms with Crippen LogP contribution in [0.4, 0.5) is 0 Å². The van der Waals surface area contributed by atoms with Crippen molar-refractivity contribution in [2.24, 2.45) is 0 Å². The predicted octanol–water partition coefficient (Wildman–Crippen LogP) is 4.84. The number of nitrogens with zero attached hydrogens (tertiary/aromatic N) is 2. The van der Waals surface area contributed by atoms with Crippen LogP contribution in [0.1, 0.15) is 38.8 Å². The smallest absolute Gasteiger partial charge is 0.277 e. The summed E-state index contributed by atoms with van der Waals surface area (Å²) in [5, 5.41) is 11.1. The van der Waals surface area contributed by atoms with E-state index < -0.39 is 0 Å². The highest BCUT2D eigenvalue weighted by Crippen LogP contribution is 2.28. The van der Waals surface area contributed by atoms with E-state index in [-0.39, 0.29) is 16.6 Å². The van der Waals surface area contributed by atoms with Crippen molar-refractivity contribution in [3.05, 3.63) is 59.7 Å². The molecule has 1 heterocycles. The van der Waals surface area contributed by atoms with Crippen LogP contribution in [0.15, 0.2) is 58.2 Å². The van der Waals surface area contributed by atoms with Gasteiger partial charge >= 0.3 is 0 Å². The number of carbonyl (C=O) groups excluding carboxylic acids is 1. The molecular weight excluding hydrogens is 398 g/mol. The molecule has 1 N–H and O–H groups in total. The van der Waals surface area contributed by atoms with Gasteiger partial charge in [0.25, 0.3) is 5.22 Å². The Kier molecular flexibility index (Phi) is 6.82. The van der Waals surface area contributed by atoms with Crippen molar-refractivity contribution >= 4 is 17.7 Å². The first-order valence-electron chi connectivity index (χ1n) is 9.78. The van der Waals surface area contributed by atoms with Gasteiger partial charge in [-0.3, -0.25) is 4.79 Å². The van der Waals surface area contributed by atoms with E-state index in [1.807, 2.05) is 43.3 Å². The molecule has 0 aliphatic carbocycles. The lowest BCUT2D eigenvalue weighted by Gasteiger charge is -2.18. The van der Waals surface area contributed by atoms with Crippen molar-refractivity contribution in [3.63, 3.8) is 0 Å². The molecule has 1 atom stereocenters. The van der Waals surface area contributed by atoms with Crippen LogP contribution in [0.2, 0.25) is 0 Å². The lowest BCUT2D eigenvalue weighted by atomic mass is 9.87. The molecular formula is C23H27N3O3S. The van der Waals surface area contributed by atoms with Gasteiger partial charge in [0, 0.05) is 17.7 Å². The summed E-state index contributed by atoms with van der Waals surface area (Å²) in [6.45, 7) is 8.71. The maximum atomic E-state index is 12.5. The van der Waals surface area contributed by atoms with Gasteiger partial charge in [0.2, 0.25) is 11.8 Å². The van der Waals surface area contributed by atoms with Crippen LogP contribution in [0, 0.1) is 0 Å². The standard InChI is InChI=1S/C23H27N3O3S/c1-15(20(27)24-14-17-8-6-7-9-19(17)28-5)30-22-26-25-21(29-22)16-10-12-18(13-11-16)23(2,3)4/h6-13,15H,14H2,1-5H3,(H,24,27)/t15-/m0/s1. The van der Waals surface area contributed by atoms with Gasteiger partial charge in [0.15, 0.2) is 0 Å². The molecule has 7 heteroatoms. The van der Waals surface area contributed by atoms with Crippen LogP contribution in [-0.2, 0) is 16.8 Å². The minimum absolute atomic E-state index is 0.0843. The average Bonchev–Trinajstić information content (AvgIpc) is 3.20. The molecule has 0 aliphatic rings. The van der Waals surface area contributed by atoms with Crippen molar-refractivity contribution < 1.29 is 13.9 Å². The SMILES string of the molecule is COc1ccccc1CNC(=O)[C@H](C)Sc1nnc(-c2ccc(C(C)(C)C)cc2)o1. The molecule has 158 valence electrons. The number of thioether (sulfide) groups is 1. The second kappa shape index (κ2) is 9.34. The van der Waals surface area contributed by atoms with E-state index in [0.717, 1.165) is 16.9 Å². The Hall–Kier alpha value is -2.80. The quantitative estimate of drug-likeness (QED) is 0.546. The van der Waals surface area contributed by atoms with E-state index in [1.54, 1.807) is 7.11 Å². The van der Waals surface area contributed by atoms with E-state index in [4.69, 9.17) is 9.15 Å². The Labute approximate surface area is 181 Å². The third kappa shape index (κ3) is 5.42. The monoisotopic (exact) mass is 425 g/mol. The van der Waals surface area contributed by atoms with Crippen molar-refractivity contribution in [3.8, 4) is 17.2 Å². The lowest BCUT2D eigenvalue weighted by molar-refractivity contribution is -0.120. The zero-order chi connectivity index (χ0) is 21.7. The molecule has 1 amide bonds. The number of ether oxygens (including phenoxy) is 1. The van der Waals surface area contributed by atoms with Gasteiger partial charge in [-0.2, -0.15) is 0 Å². The van der Waals surface area contributed by atoms with E-state index in [9.17, 15) is 4.79 Å². The van der Waals surface area contributed by atoms with Crippen LogP contribution in [0.3, 0.4) is 0 Å². The zero-order valence-electron chi connectivity index (χ0n) is 17.9. The minimum Gasteiger partial charge on any atom is -0.496 e. The molecule has 0 fully saturated rings. The average molecular weight is 426 g/mol. The summed E-state index contributed by atoms with van der Waals surface area (Å²) in [5.74, 6) is 1.08. The predicted molar refractivity (Wildman–Crippen MR) is 119 cm³/mol. The molecule has 3 aromatic rings. The molecule has 0 aliphatic heterocycles. The van der Waals surface area contributed by atoms with E-state index >= 15 is 0 Å². The summed E-state index contributed by atoms with van der Waals surface area (Å²) in [7, 11) is 1.61. The summed E-state index contributed by atoms with van der Waals surface area (Å²) in [6.07, 6.45) is 0. The number of hydrogen-bond acceptors (Lipinski definition) is 6. The summed E-state index contributed by atoms with van der Waals surface area (Å²) in [6, 6.07) is 15.7. The van der Waals surface area contributed by atoms with Gasteiger partial charge in [-0.05, 0) is 36.1 Å². The minimum atomic E-state index is -0.378. The Balaban J connectivity index is 1.59. The molecule has 6 nitrogen and oxygen atoms in total. The molecule has 0 bridgehead atoms. The topological polar surface area (TPSA) is 77.2 Å². The molecule has 30 heavy (non-hydrogen) atoms. The highest BCUT2D eigenvalue weighted by molar-refractivity contribution is 8.00. The van der Waals surface area contributed by atoms with Gasteiger partial charge < -0.3 is 14.5 Å². The summed E-state index contributed by atoms with van der Waals surface area (Å²) < 4.78 is 11.1. The second-order valence-electron chi connectivity index (χ2n) is 7.99. The third-order valence-electron chi connectivity index (χ3n) is 4.70. The fraction of sp³-hybridized carbons (Fsp3) is 0.348.